The Bertz CT molecular complexity index is 1460. The molecular formula is C20H20N4O7. The van der Waals surface area contributed by atoms with Crippen molar-refractivity contribution in [3.05, 3.63) is 76.6 Å². The van der Waals surface area contributed by atoms with Crippen LogP contribution in [0.3, 0.4) is 0 Å². The molecule has 0 fully saturated rings. The largest absolute Gasteiger partial charge is 0.494 e. The minimum absolute atomic E-state index is 0.0172. The Morgan fingerprint density at radius 3 is 2.06 bits per heavy atom. The first-order valence-corrected chi connectivity index (χ1v) is 9.25. The Hall–Kier alpha value is -4.02. The summed E-state index contributed by atoms with van der Waals surface area (Å²) in [5.41, 5.74) is -2.66. The number of hydrogen-bond donors (Lipinski definition) is 1. The van der Waals surface area contributed by atoms with E-state index in [1.165, 1.54) is 35.3 Å². The summed E-state index contributed by atoms with van der Waals surface area (Å²) < 4.78 is 15.1. The number of rotatable bonds is 2. The quantitative estimate of drug-likeness (QED) is 0.455. The SMILES string of the molecule is COc1cccc2c1Oc1c(c(=O)n(C)c(=O)n1C)[C@@H]2c1c(O)n(C)c(=O)n(C)c1=O. The molecule has 1 atom stereocenters. The fourth-order valence-electron chi connectivity index (χ4n) is 3.92. The van der Waals surface area contributed by atoms with Crippen molar-refractivity contribution in [1.82, 2.24) is 18.3 Å². The number of aromatic nitrogens is 4. The van der Waals surface area contributed by atoms with Gasteiger partial charge < -0.3 is 14.6 Å². The lowest BCUT2D eigenvalue weighted by molar-refractivity contribution is 0.345. The van der Waals surface area contributed by atoms with Crippen molar-refractivity contribution < 1.29 is 14.6 Å². The van der Waals surface area contributed by atoms with Crippen molar-refractivity contribution in [3.63, 3.8) is 0 Å². The Labute approximate surface area is 174 Å². The molecule has 0 saturated carbocycles. The number of fused-ring (bicyclic) bond motifs is 2. The summed E-state index contributed by atoms with van der Waals surface area (Å²) in [4.78, 5) is 51.1. The molecule has 0 bridgehead atoms. The van der Waals surface area contributed by atoms with Crippen LogP contribution >= 0.6 is 0 Å². The van der Waals surface area contributed by atoms with E-state index >= 15 is 0 Å². The number of nitrogens with zero attached hydrogens (tertiary/aromatic N) is 4. The van der Waals surface area contributed by atoms with E-state index in [0.29, 0.717) is 11.3 Å². The van der Waals surface area contributed by atoms with Gasteiger partial charge in [-0.3, -0.25) is 27.9 Å². The molecule has 4 rings (SSSR count). The highest BCUT2D eigenvalue weighted by Crippen LogP contribution is 2.49. The van der Waals surface area contributed by atoms with Crippen molar-refractivity contribution in [2.24, 2.45) is 28.2 Å². The minimum Gasteiger partial charge on any atom is -0.494 e. The van der Waals surface area contributed by atoms with Crippen LogP contribution in [-0.2, 0) is 28.2 Å². The highest BCUT2D eigenvalue weighted by Gasteiger charge is 2.39. The molecule has 31 heavy (non-hydrogen) atoms. The van der Waals surface area contributed by atoms with Gasteiger partial charge in [-0.2, -0.15) is 0 Å². The van der Waals surface area contributed by atoms with Gasteiger partial charge in [-0.25, -0.2) is 9.59 Å². The van der Waals surface area contributed by atoms with E-state index < -0.39 is 34.3 Å². The van der Waals surface area contributed by atoms with Crippen molar-refractivity contribution >= 4 is 0 Å². The van der Waals surface area contributed by atoms with Crippen LogP contribution in [0.2, 0.25) is 0 Å². The van der Waals surface area contributed by atoms with Crippen LogP contribution < -0.4 is 32.0 Å². The molecule has 11 nitrogen and oxygen atoms in total. The van der Waals surface area contributed by atoms with Gasteiger partial charge in [-0.05, 0) is 6.07 Å². The normalized spacial score (nSPS) is 14.5. The van der Waals surface area contributed by atoms with Crippen molar-refractivity contribution in [3.8, 4) is 23.3 Å². The molecule has 1 aromatic carbocycles. The Morgan fingerprint density at radius 2 is 1.45 bits per heavy atom. The lowest BCUT2D eigenvalue weighted by atomic mass is 9.84. The number of benzene rings is 1. The van der Waals surface area contributed by atoms with Gasteiger partial charge in [0, 0.05) is 33.8 Å². The molecule has 1 aliphatic rings. The maximum Gasteiger partial charge on any atom is 0.333 e. The summed E-state index contributed by atoms with van der Waals surface area (Å²) in [5.74, 6) is -1.28. The summed E-state index contributed by atoms with van der Waals surface area (Å²) in [7, 11) is 6.75. The van der Waals surface area contributed by atoms with Crippen LogP contribution in [0.15, 0.2) is 37.4 Å². The number of hydrogen-bond acceptors (Lipinski definition) is 7. The third-order valence-corrected chi connectivity index (χ3v) is 5.63. The fraction of sp³-hybridized carbons (Fsp3) is 0.300. The van der Waals surface area contributed by atoms with Gasteiger partial charge in [0.2, 0.25) is 11.8 Å². The lowest BCUT2D eigenvalue weighted by Gasteiger charge is -2.30. The van der Waals surface area contributed by atoms with Gasteiger partial charge in [0.05, 0.1) is 24.2 Å². The highest BCUT2D eigenvalue weighted by molar-refractivity contribution is 5.61. The van der Waals surface area contributed by atoms with Crippen molar-refractivity contribution in [2.45, 2.75) is 5.92 Å². The molecule has 11 heteroatoms. The summed E-state index contributed by atoms with van der Waals surface area (Å²) in [6.45, 7) is 0. The molecule has 2 aromatic heterocycles. The molecule has 1 N–H and O–H groups in total. The molecule has 0 spiro atoms. The molecule has 162 valence electrons. The molecule has 3 heterocycles. The zero-order valence-electron chi connectivity index (χ0n) is 17.5. The second-order valence-corrected chi connectivity index (χ2v) is 7.28. The number of para-hydroxylation sites is 1. The van der Waals surface area contributed by atoms with E-state index in [9.17, 15) is 24.3 Å². The maximum absolute atomic E-state index is 13.2. The predicted molar refractivity (Wildman–Crippen MR) is 110 cm³/mol. The summed E-state index contributed by atoms with van der Waals surface area (Å²) in [6, 6.07) is 4.90. The number of methoxy groups -OCH3 is 1. The third-order valence-electron chi connectivity index (χ3n) is 5.63. The zero-order valence-corrected chi connectivity index (χ0v) is 17.5. The van der Waals surface area contributed by atoms with E-state index in [1.807, 2.05) is 0 Å². The number of aromatic hydroxyl groups is 1. The van der Waals surface area contributed by atoms with E-state index in [-0.39, 0.29) is 22.8 Å². The fourth-order valence-corrected chi connectivity index (χ4v) is 3.92. The van der Waals surface area contributed by atoms with Gasteiger partial charge >= 0.3 is 11.4 Å². The summed E-state index contributed by atoms with van der Waals surface area (Å²) in [5, 5.41) is 10.8. The van der Waals surface area contributed by atoms with E-state index in [2.05, 4.69) is 0 Å². The zero-order chi connectivity index (χ0) is 22.8. The average Bonchev–Trinajstić information content (AvgIpc) is 2.77. The highest BCUT2D eigenvalue weighted by atomic mass is 16.5. The van der Waals surface area contributed by atoms with Gasteiger partial charge in [-0.15, -0.1) is 0 Å². The molecule has 0 aliphatic carbocycles. The molecule has 0 radical (unpaired) electrons. The monoisotopic (exact) mass is 428 g/mol. The van der Waals surface area contributed by atoms with Crippen LogP contribution in [0.4, 0.5) is 0 Å². The van der Waals surface area contributed by atoms with Crippen LogP contribution in [0, 0.1) is 0 Å². The molecule has 0 amide bonds. The number of ether oxygens (including phenoxy) is 2. The van der Waals surface area contributed by atoms with Crippen LogP contribution in [-0.4, -0.2) is 30.5 Å². The summed E-state index contributed by atoms with van der Waals surface area (Å²) >= 11 is 0. The van der Waals surface area contributed by atoms with Crippen LogP contribution in [0.1, 0.15) is 22.6 Å². The molecule has 3 aromatic rings. The average molecular weight is 428 g/mol. The Kier molecular flexibility index (Phi) is 4.42. The Balaban J connectivity index is 2.26. The van der Waals surface area contributed by atoms with Crippen molar-refractivity contribution in [1.29, 1.82) is 0 Å². The van der Waals surface area contributed by atoms with Gasteiger partial charge in [-0.1, -0.05) is 12.1 Å². The van der Waals surface area contributed by atoms with Crippen LogP contribution in [0.25, 0.3) is 0 Å². The van der Waals surface area contributed by atoms with E-state index in [1.54, 1.807) is 18.2 Å². The molecule has 1 aliphatic heterocycles. The maximum atomic E-state index is 13.2. The van der Waals surface area contributed by atoms with Crippen molar-refractivity contribution in [2.75, 3.05) is 7.11 Å². The topological polar surface area (TPSA) is 127 Å². The van der Waals surface area contributed by atoms with E-state index in [0.717, 1.165) is 18.3 Å². The predicted octanol–water partition coefficient (Wildman–Crippen LogP) is -0.518. The van der Waals surface area contributed by atoms with E-state index in [4.69, 9.17) is 9.47 Å². The molecular weight excluding hydrogens is 408 g/mol. The van der Waals surface area contributed by atoms with Crippen LogP contribution in [0.5, 0.6) is 23.3 Å². The first-order valence-electron chi connectivity index (χ1n) is 9.25. The van der Waals surface area contributed by atoms with Gasteiger partial charge in [0.1, 0.15) is 0 Å². The molecule has 0 unspecified atom stereocenters. The molecule has 0 saturated heterocycles. The standard InChI is InChI=1S/C20H20N4O7/c1-21-15(25)12(16(26)22(2)19(21)28)11-9-7-6-8-10(30-5)14(9)31-18-13(11)17(27)23(3)20(29)24(18)4/h6-8,11,25H,1-5H3/t11-/m0/s1. The third kappa shape index (κ3) is 2.59. The first kappa shape index (κ1) is 20.3. The minimum atomic E-state index is -1.12. The van der Waals surface area contributed by atoms with Gasteiger partial charge in [0.15, 0.2) is 11.5 Å². The second kappa shape index (κ2) is 6.76. The smallest absolute Gasteiger partial charge is 0.333 e. The lowest BCUT2D eigenvalue weighted by Crippen LogP contribution is -2.44. The first-order chi connectivity index (χ1) is 14.6. The van der Waals surface area contributed by atoms with Gasteiger partial charge in [0.25, 0.3) is 11.1 Å². The Morgan fingerprint density at radius 1 is 0.871 bits per heavy atom. The summed E-state index contributed by atoms with van der Waals surface area (Å²) in [6.07, 6.45) is 0. The second-order valence-electron chi connectivity index (χ2n) is 7.28.